The summed E-state index contributed by atoms with van der Waals surface area (Å²) < 4.78 is 15.8. The second kappa shape index (κ2) is 11.2. The molecule has 0 aromatic heterocycles. The molecule has 7 nitrogen and oxygen atoms in total. The molecule has 0 unspecified atom stereocenters. The van der Waals surface area contributed by atoms with Gasteiger partial charge < -0.3 is 19.5 Å². The number of carbonyl (C=O) groups is 1. The highest BCUT2D eigenvalue weighted by molar-refractivity contribution is 7.80. The average Bonchev–Trinajstić information content (AvgIpc) is 2.55. The van der Waals surface area contributed by atoms with Crippen LogP contribution in [0.25, 0.3) is 0 Å². The van der Waals surface area contributed by atoms with E-state index in [1.54, 1.807) is 31.3 Å². The third kappa shape index (κ3) is 7.28. The Morgan fingerprint density at radius 3 is 2.67 bits per heavy atom. The number of nitrogens with zero attached hydrogens (tertiary/aromatic N) is 1. The van der Waals surface area contributed by atoms with Gasteiger partial charge in [0, 0.05) is 6.54 Å². The number of hydrazone groups is 1. The normalized spacial score (nSPS) is 10.3. The van der Waals surface area contributed by atoms with Crippen LogP contribution in [-0.2, 0) is 9.53 Å². The lowest BCUT2D eigenvalue weighted by molar-refractivity contribution is -0.145. The molecule has 0 radical (unpaired) electrons. The molecule has 1 rings (SSSR count). The number of benzene rings is 1. The Hall–Kier alpha value is -2.35. The molecule has 8 heteroatoms. The van der Waals surface area contributed by atoms with E-state index >= 15 is 0 Å². The van der Waals surface area contributed by atoms with E-state index in [1.165, 1.54) is 0 Å². The Balaban J connectivity index is 2.73. The fraction of sp³-hybridized carbons (Fsp3) is 0.438. The number of ether oxygens (including phenoxy) is 3. The van der Waals surface area contributed by atoms with Gasteiger partial charge in [0.15, 0.2) is 23.2 Å². The van der Waals surface area contributed by atoms with Crippen molar-refractivity contribution < 1.29 is 19.0 Å². The first-order valence-electron chi connectivity index (χ1n) is 7.72. The second-order valence-corrected chi connectivity index (χ2v) is 4.87. The van der Waals surface area contributed by atoms with Crippen LogP contribution in [0.5, 0.6) is 11.5 Å². The van der Waals surface area contributed by atoms with E-state index in [4.69, 9.17) is 26.4 Å². The number of rotatable bonds is 9. The maximum atomic E-state index is 11.4. The van der Waals surface area contributed by atoms with E-state index in [2.05, 4.69) is 15.8 Å². The van der Waals surface area contributed by atoms with Crippen molar-refractivity contribution in [1.82, 2.24) is 10.7 Å². The van der Waals surface area contributed by atoms with Crippen molar-refractivity contribution in [2.45, 2.75) is 20.8 Å². The van der Waals surface area contributed by atoms with Crippen molar-refractivity contribution in [3.8, 4) is 11.5 Å². The molecule has 0 spiro atoms. The van der Waals surface area contributed by atoms with Crippen LogP contribution < -0.4 is 20.2 Å². The highest BCUT2D eigenvalue weighted by atomic mass is 32.1. The van der Waals surface area contributed by atoms with Crippen LogP contribution >= 0.6 is 12.2 Å². The maximum absolute atomic E-state index is 11.4. The Bertz CT molecular complexity index is 578. The Kier molecular flexibility index (Phi) is 9.21. The first-order valence-corrected chi connectivity index (χ1v) is 8.13. The van der Waals surface area contributed by atoms with Crippen LogP contribution in [-0.4, -0.2) is 43.7 Å². The van der Waals surface area contributed by atoms with Crippen LogP contribution in [0.1, 0.15) is 26.3 Å². The van der Waals surface area contributed by atoms with Crippen LogP contribution in [0.2, 0.25) is 0 Å². The highest BCUT2D eigenvalue weighted by Gasteiger charge is 2.09. The van der Waals surface area contributed by atoms with Gasteiger partial charge in [-0.25, -0.2) is 4.79 Å². The quantitative estimate of drug-likeness (QED) is 0.303. The summed E-state index contributed by atoms with van der Waals surface area (Å²) in [6.07, 6.45) is 1.61. The van der Waals surface area contributed by atoms with Crippen molar-refractivity contribution in [2.75, 3.05) is 26.4 Å². The lowest BCUT2D eigenvalue weighted by Crippen LogP contribution is -2.31. The minimum absolute atomic E-state index is 0.167. The van der Waals surface area contributed by atoms with E-state index < -0.39 is 5.97 Å². The van der Waals surface area contributed by atoms with E-state index in [0.717, 1.165) is 12.1 Å². The van der Waals surface area contributed by atoms with Crippen LogP contribution in [0.3, 0.4) is 0 Å². The molecule has 0 aliphatic rings. The molecular weight excluding hydrogens is 330 g/mol. The summed E-state index contributed by atoms with van der Waals surface area (Å²) >= 11 is 5.01. The number of hydrogen-bond acceptors (Lipinski definition) is 6. The van der Waals surface area contributed by atoms with Crippen LogP contribution in [0, 0.1) is 0 Å². The van der Waals surface area contributed by atoms with Gasteiger partial charge in [-0.05, 0) is 56.8 Å². The summed E-state index contributed by atoms with van der Waals surface area (Å²) in [5.74, 6) is 0.574. The van der Waals surface area contributed by atoms with Crippen molar-refractivity contribution in [2.24, 2.45) is 5.10 Å². The summed E-state index contributed by atoms with van der Waals surface area (Å²) in [4.78, 5) is 11.4. The van der Waals surface area contributed by atoms with Gasteiger partial charge in [0.1, 0.15) is 0 Å². The van der Waals surface area contributed by atoms with Gasteiger partial charge in [-0.15, -0.1) is 0 Å². The molecular formula is C16H23N3O4S. The number of thiocarbonyl (C=S) groups is 1. The van der Waals surface area contributed by atoms with Gasteiger partial charge in [0.25, 0.3) is 0 Å². The van der Waals surface area contributed by atoms with Crippen LogP contribution in [0.4, 0.5) is 0 Å². The average molecular weight is 353 g/mol. The molecule has 0 heterocycles. The lowest BCUT2D eigenvalue weighted by Gasteiger charge is -2.12. The fourth-order valence-electron chi connectivity index (χ4n) is 1.70. The summed E-state index contributed by atoms with van der Waals surface area (Å²) in [7, 11) is 0. The summed E-state index contributed by atoms with van der Waals surface area (Å²) in [6.45, 7) is 6.90. The Labute approximate surface area is 147 Å². The number of esters is 1. The molecule has 132 valence electrons. The summed E-state index contributed by atoms with van der Waals surface area (Å²) in [5, 5.41) is 7.42. The molecule has 2 N–H and O–H groups in total. The number of carbonyl (C=O) groups excluding carboxylic acids is 1. The standard InChI is InChI=1S/C16H23N3O4S/c1-4-17-16(24)19-18-10-12-7-8-13(14(9-12)21-5-2)23-11-15(20)22-6-3/h7-10H,4-6,11H2,1-3H3,(H2,17,19,24). The topological polar surface area (TPSA) is 81.2 Å². The molecule has 24 heavy (non-hydrogen) atoms. The third-order valence-corrected chi connectivity index (χ3v) is 2.87. The Morgan fingerprint density at radius 2 is 2.00 bits per heavy atom. The first-order chi connectivity index (χ1) is 11.6. The smallest absolute Gasteiger partial charge is 0.344 e. The minimum Gasteiger partial charge on any atom is -0.490 e. The highest BCUT2D eigenvalue weighted by Crippen LogP contribution is 2.28. The van der Waals surface area contributed by atoms with Crippen molar-refractivity contribution in [1.29, 1.82) is 0 Å². The number of nitrogens with one attached hydrogen (secondary N) is 2. The summed E-state index contributed by atoms with van der Waals surface area (Å²) in [6, 6.07) is 5.28. The van der Waals surface area contributed by atoms with Crippen molar-refractivity contribution >= 4 is 29.5 Å². The summed E-state index contributed by atoms with van der Waals surface area (Å²) in [5.41, 5.74) is 3.51. The van der Waals surface area contributed by atoms with Gasteiger partial charge in [-0.2, -0.15) is 5.10 Å². The maximum Gasteiger partial charge on any atom is 0.344 e. The largest absolute Gasteiger partial charge is 0.490 e. The third-order valence-electron chi connectivity index (χ3n) is 2.64. The van der Waals surface area contributed by atoms with E-state index in [-0.39, 0.29) is 6.61 Å². The monoisotopic (exact) mass is 353 g/mol. The SMILES string of the molecule is CCNC(=S)NN=Cc1ccc(OCC(=O)OCC)c(OCC)c1. The molecule has 0 saturated carbocycles. The molecule has 1 aromatic rings. The molecule has 0 fully saturated rings. The molecule has 0 aliphatic carbocycles. The van der Waals surface area contributed by atoms with Gasteiger partial charge in [0.05, 0.1) is 19.4 Å². The first kappa shape index (κ1) is 19.7. The van der Waals surface area contributed by atoms with E-state index in [1.807, 2.05) is 13.8 Å². The Morgan fingerprint density at radius 1 is 1.21 bits per heavy atom. The fourth-order valence-corrected chi connectivity index (χ4v) is 1.89. The van der Waals surface area contributed by atoms with Crippen LogP contribution in [0.15, 0.2) is 23.3 Å². The van der Waals surface area contributed by atoms with Gasteiger partial charge in [0.2, 0.25) is 0 Å². The lowest BCUT2D eigenvalue weighted by atomic mass is 10.2. The molecule has 0 atom stereocenters. The second-order valence-electron chi connectivity index (χ2n) is 4.46. The molecule has 0 aliphatic heterocycles. The van der Waals surface area contributed by atoms with Gasteiger partial charge in [-0.1, -0.05) is 0 Å². The molecule has 0 saturated heterocycles. The zero-order chi connectivity index (χ0) is 17.8. The van der Waals surface area contributed by atoms with E-state index in [0.29, 0.717) is 29.8 Å². The predicted molar refractivity (Wildman–Crippen MR) is 96.7 cm³/mol. The minimum atomic E-state index is -0.424. The van der Waals surface area contributed by atoms with Crippen molar-refractivity contribution in [3.05, 3.63) is 23.8 Å². The van der Waals surface area contributed by atoms with E-state index in [9.17, 15) is 4.79 Å². The van der Waals surface area contributed by atoms with Gasteiger partial charge >= 0.3 is 5.97 Å². The molecule has 0 amide bonds. The molecule has 1 aromatic carbocycles. The van der Waals surface area contributed by atoms with Gasteiger partial charge in [-0.3, -0.25) is 5.43 Å². The zero-order valence-electron chi connectivity index (χ0n) is 14.1. The van der Waals surface area contributed by atoms with Crippen molar-refractivity contribution in [3.63, 3.8) is 0 Å². The molecule has 0 bridgehead atoms. The number of hydrogen-bond donors (Lipinski definition) is 2. The zero-order valence-corrected chi connectivity index (χ0v) is 14.9. The predicted octanol–water partition coefficient (Wildman–Crippen LogP) is 1.85.